The lowest BCUT2D eigenvalue weighted by atomic mass is 9.90. The van der Waals surface area contributed by atoms with Crippen LogP contribution in [0, 0.1) is 5.92 Å². The number of hydrogen-bond acceptors (Lipinski definition) is 5. The lowest BCUT2D eigenvalue weighted by Crippen LogP contribution is -2.37. The summed E-state index contributed by atoms with van der Waals surface area (Å²) in [6, 6.07) is 23.1. The number of methoxy groups -OCH3 is 1. The molecule has 0 aliphatic carbocycles. The summed E-state index contributed by atoms with van der Waals surface area (Å²) in [5.74, 6) is -0.719. The first kappa shape index (κ1) is 19.6. The number of nitrogens with zero attached hydrogens (tertiary/aromatic N) is 2. The number of carbonyl (C=O) groups is 2. The van der Waals surface area contributed by atoms with Crippen LogP contribution in [0.25, 0.3) is 0 Å². The summed E-state index contributed by atoms with van der Waals surface area (Å²) in [6.45, 7) is 0. The molecule has 2 fully saturated rings. The SMILES string of the molecule is COc1cccc([C@H]2[C@@H]3C(=O)N(c4ccc(Cl)cc4)C(=O)[C@@H]3ON2c2ccccc2)c1. The summed E-state index contributed by atoms with van der Waals surface area (Å²) in [6.07, 6.45) is -0.917. The fraction of sp³-hybridized carbons (Fsp3) is 0.167. The molecule has 0 bridgehead atoms. The number of hydroxylamine groups is 1. The van der Waals surface area contributed by atoms with Gasteiger partial charge in [0, 0.05) is 5.02 Å². The molecule has 0 N–H and O–H groups in total. The predicted octanol–water partition coefficient (Wildman–Crippen LogP) is 4.40. The second-order valence-corrected chi connectivity index (χ2v) is 7.86. The van der Waals surface area contributed by atoms with E-state index in [1.165, 1.54) is 4.90 Å². The molecular weight excluding hydrogens is 416 g/mol. The highest BCUT2D eigenvalue weighted by molar-refractivity contribution is 6.31. The number of fused-ring (bicyclic) bond motifs is 1. The standard InChI is InChI=1S/C24H19ClN2O4/c1-30-19-9-5-6-15(14-19)21-20-22(31-27(21)18-7-3-2-4-8-18)24(29)26(23(20)28)17-12-10-16(25)11-13-17/h2-14,20-22H,1H3/t20-,21-,22+/m0/s1. The number of para-hydroxylation sites is 1. The predicted molar refractivity (Wildman–Crippen MR) is 117 cm³/mol. The second kappa shape index (κ2) is 7.72. The average molecular weight is 435 g/mol. The minimum absolute atomic E-state index is 0.302. The summed E-state index contributed by atoms with van der Waals surface area (Å²) in [4.78, 5) is 34.1. The fourth-order valence-electron chi connectivity index (χ4n) is 4.22. The Morgan fingerprint density at radius 2 is 1.61 bits per heavy atom. The summed E-state index contributed by atoms with van der Waals surface area (Å²) >= 11 is 5.97. The maximum atomic E-state index is 13.5. The van der Waals surface area contributed by atoms with Crippen molar-refractivity contribution < 1.29 is 19.2 Å². The number of imide groups is 1. The van der Waals surface area contributed by atoms with Crippen molar-refractivity contribution in [3.05, 3.63) is 89.4 Å². The zero-order valence-corrected chi connectivity index (χ0v) is 17.4. The summed E-state index contributed by atoms with van der Waals surface area (Å²) < 4.78 is 5.38. The van der Waals surface area contributed by atoms with E-state index in [0.717, 1.165) is 11.3 Å². The fourth-order valence-corrected chi connectivity index (χ4v) is 4.35. The number of hydrogen-bond donors (Lipinski definition) is 0. The highest BCUT2D eigenvalue weighted by atomic mass is 35.5. The van der Waals surface area contributed by atoms with Crippen LogP contribution in [-0.4, -0.2) is 25.0 Å². The molecule has 3 aromatic carbocycles. The van der Waals surface area contributed by atoms with Crippen LogP contribution in [0.1, 0.15) is 11.6 Å². The third-order valence-corrected chi connectivity index (χ3v) is 5.90. The number of anilines is 2. The van der Waals surface area contributed by atoms with Crippen LogP contribution < -0.4 is 14.7 Å². The maximum Gasteiger partial charge on any atom is 0.266 e. The Labute approximate surface area is 184 Å². The molecule has 2 aliphatic heterocycles. The Balaban J connectivity index is 1.59. The molecule has 0 radical (unpaired) electrons. The first-order valence-corrected chi connectivity index (χ1v) is 10.2. The van der Waals surface area contributed by atoms with E-state index >= 15 is 0 Å². The number of ether oxygens (including phenoxy) is 1. The number of rotatable bonds is 4. The van der Waals surface area contributed by atoms with E-state index in [1.807, 2.05) is 54.6 Å². The smallest absolute Gasteiger partial charge is 0.266 e. The van der Waals surface area contributed by atoms with Gasteiger partial charge in [0.25, 0.3) is 5.91 Å². The normalized spacial score (nSPS) is 22.7. The Morgan fingerprint density at radius 3 is 2.32 bits per heavy atom. The molecular formula is C24H19ClN2O4. The minimum atomic E-state index is -0.917. The number of carbonyl (C=O) groups excluding carboxylic acids is 2. The first-order valence-electron chi connectivity index (χ1n) is 9.87. The van der Waals surface area contributed by atoms with Crippen molar-refractivity contribution in [2.75, 3.05) is 17.1 Å². The van der Waals surface area contributed by atoms with E-state index in [0.29, 0.717) is 16.5 Å². The van der Waals surface area contributed by atoms with E-state index in [-0.39, 0.29) is 11.8 Å². The molecule has 0 unspecified atom stereocenters. The van der Waals surface area contributed by atoms with Gasteiger partial charge in [-0.2, -0.15) is 0 Å². The van der Waals surface area contributed by atoms with E-state index in [2.05, 4.69) is 0 Å². The largest absolute Gasteiger partial charge is 0.497 e. The molecule has 5 rings (SSSR count). The van der Waals surface area contributed by atoms with Crippen LogP contribution in [-0.2, 0) is 14.4 Å². The molecule has 6 nitrogen and oxygen atoms in total. The number of benzene rings is 3. The van der Waals surface area contributed by atoms with Gasteiger partial charge < -0.3 is 4.74 Å². The Bertz CT molecular complexity index is 1140. The molecule has 3 atom stereocenters. The van der Waals surface area contributed by atoms with Gasteiger partial charge in [0.05, 0.1) is 24.5 Å². The molecule has 0 aromatic heterocycles. The van der Waals surface area contributed by atoms with Gasteiger partial charge in [-0.25, -0.2) is 9.96 Å². The minimum Gasteiger partial charge on any atom is -0.497 e. The molecule has 2 aliphatic rings. The van der Waals surface area contributed by atoms with Crippen LogP contribution >= 0.6 is 11.6 Å². The molecule has 0 spiro atoms. The van der Waals surface area contributed by atoms with Crippen molar-refractivity contribution in [3.63, 3.8) is 0 Å². The highest BCUT2D eigenvalue weighted by Crippen LogP contribution is 2.48. The summed E-state index contributed by atoms with van der Waals surface area (Å²) in [7, 11) is 1.59. The van der Waals surface area contributed by atoms with Gasteiger partial charge >= 0.3 is 0 Å². The van der Waals surface area contributed by atoms with E-state index in [9.17, 15) is 9.59 Å². The van der Waals surface area contributed by atoms with Gasteiger partial charge in [0.2, 0.25) is 5.91 Å². The Kier molecular flexibility index (Phi) is 4.88. The quantitative estimate of drug-likeness (QED) is 0.570. The number of amides is 2. The van der Waals surface area contributed by atoms with Crippen LogP contribution in [0.2, 0.25) is 5.02 Å². The lowest BCUT2D eigenvalue weighted by molar-refractivity contribution is -0.126. The molecule has 2 heterocycles. The van der Waals surface area contributed by atoms with E-state index in [1.54, 1.807) is 36.4 Å². The molecule has 2 amide bonds. The highest BCUT2D eigenvalue weighted by Gasteiger charge is 2.60. The van der Waals surface area contributed by atoms with Gasteiger partial charge in [-0.1, -0.05) is 41.9 Å². The van der Waals surface area contributed by atoms with E-state index in [4.69, 9.17) is 21.2 Å². The van der Waals surface area contributed by atoms with Crippen molar-refractivity contribution in [1.29, 1.82) is 0 Å². The van der Waals surface area contributed by atoms with E-state index < -0.39 is 18.1 Å². The zero-order chi connectivity index (χ0) is 21.5. The van der Waals surface area contributed by atoms with Gasteiger partial charge in [-0.05, 0) is 54.1 Å². The molecule has 7 heteroatoms. The Hall–Kier alpha value is -3.35. The average Bonchev–Trinajstić information content (AvgIpc) is 3.31. The second-order valence-electron chi connectivity index (χ2n) is 7.42. The van der Waals surface area contributed by atoms with Crippen molar-refractivity contribution in [2.45, 2.75) is 12.1 Å². The first-order chi connectivity index (χ1) is 15.1. The molecule has 0 saturated carbocycles. The van der Waals surface area contributed by atoms with Gasteiger partial charge in [-0.3, -0.25) is 14.4 Å². The molecule has 156 valence electrons. The summed E-state index contributed by atoms with van der Waals surface area (Å²) in [5, 5.41) is 2.20. The van der Waals surface area contributed by atoms with Crippen LogP contribution in [0.4, 0.5) is 11.4 Å². The third kappa shape index (κ3) is 3.24. The van der Waals surface area contributed by atoms with Crippen LogP contribution in [0.15, 0.2) is 78.9 Å². The molecule has 31 heavy (non-hydrogen) atoms. The van der Waals surface area contributed by atoms with Gasteiger partial charge in [-0.15, -0.1) is 0 Å². The molecule has 2 saturated heterocycles. The maximum absolute atomic E-state index is 13.5. The zero-order valence-electron chi connectivity index (χ0n) is 16.6. The topological polar surface area (TPSA) is 59.1 Å². The van der Waals surface area contributed by atoms with Gasteiger partial charge in [0.15, 0.2) is 6.10 Å². The van der Waals surface area contributed by atoms with Crippen molar-refractivity contribution >= 4 is 34.8 Å². The summed E-state index contributed by atoms with van der Waals surface area (Å²) in [5.41, 5.74) is 2.08. The lowest BCUT2D eigenvalue weighted by Gasteiger charge is -2.29. The van der Waals surface area contributed by atoms with Crippen molar-refractivity contribution in [3.8, 4) is 5.75 Å². The third-order valence-electron chi connectivity index (χ3n) is 5.65. The van der Waals surface area contributed by atoms with Crippen LogP contribution in [0.3, 0.4) is 0 Å². The Morgan fingerprint density at radius 1 is 0.871 bits per heavy atom. The van der Waals surface area contributed by atoms with Crippen LogP contribution in [0.5, 0.6) is 5.75 Å². The van der Waals surface area contributed by atoms with Crippen molar-refractivity contribution in [1.82, 2.24) is 0 Å². The number of halogens is 1. The van der Waals surface area contributed by atoms with Crippen molar-refractivity contribution in [2.24, 2.45) is 5.92 Å². The monoisotopic (exact) mass is 434 g/mol. The molecule has 3 aromatic rings. The van der Waals surface area contributed by atoms with Gasteiger partial charge in [0.1, 0.15) is 11.7 Å².